The van der Waals surface area contributed by atoms with Gasteiger partial charge < -0.3 is 15.6 Å². The molecule has 0 aromatic heterocycles. The molecule has 0 unspecified atom stereocenters. The smallest absolute Gasteiger partial charge is 0.335 e. The Morgan fingerprint density at radius 3 is 2.30 bits per heavy atom. The molecule has 2 rings (SSSR count). The molecular weight excluding hydrogens is 258 g/mol. The van der Waals surface area contributed by atoms with Crippen molar-refractivity contribution < 1.29 is 19.4 Å². The lowest BCUT2D eigenvalue weighted by Gasteiger charge is -2.07. The molecule has 0 spiro atoms. The molecule has 0 fully saturated rings. The minimum Gasteiger partial charge on any atom is -0.485 e. The second-order valence-electron chi connectivity index (χ2n) is 4.13. The number of Topliss-reactive ketones (excluding diaryl/α,β-unsaturated/α-hetero) is 1. The molecule has 5 heteroatoms. The summed E-state index contributed by atoms with van der Waals surface area (Å²) in [6, 6.07) is 12.6. The Labute approximate surface area is 115 Å². The summed E-state index contributed by atoms with van der Waals surface area (Å²) in [5, 5.41) is 8.76. The summed E-state index contributed by atoms with van der Waals surface area (Å²) in [5.74, 6) is -0.812. The zero-order valence-corrected chi connectivity index (χ0v) is 10.6. The van der Waals surface area contributed by atoms with Crippen LogP contribution in [-0.4, -0.2) is 23.5 Å². The summed E-state index contributed by atoms with van der Waals surface area (Å²) in [7, 11) is 0. The van der Waals surface area contributed by atoms with Gasteiger partial charge in [-0.05, 0) is 36.4 Å². The largest absolute Gasteiger partial charge is 0.485 e. The molecule has 0 aliphatic heterocycles. The number of hydrogen-bond donors (Lipinski definition) is 2. The Morgan fingerprint density at radius 1 is 1.05 bits per heavy atom. The van der Waals surface area contributed by atoms with Crippen LogP contribution in [0.4, 0.5) is 5.69 Å². The van der Waals surface area contributed by atoms with Gasteiger partial charge in [0.15, 0.2) is 6.61 Å². The van der Waals surface area contributed by atoms with Crippen molar-refractivity contribution in [2.24, 2.45) is 0 Å². The first-order valence-electron chi connectivity index (χ1n) is 5.92. The number of carbonyl (C=O) groups excluding carboxylic acids is 1. The van der Waals surface area contributed by atoms with E-state index in [1.54, 1.807) is 24.3 Å². The van der Waals surface area contributed by atoms with Gasteiger partial charge in [0, 0.05) is 11.3 Å². The highest BCUT2D eigenvalue weighted by molar-refractivity contribution is 6.01. The van der Waals surface area contributed by atoms with E-state index in [-0.39, 0.29) is 18.0 Å². The maximum absolute atomic E-state index is 11.9. The van der Waals surface area contributed by atoms with Crippen molar-refractivity contribution in [3.63, 3.8) is 0 Å². The summed E-state index contributed by atoms with van der Waals surface area (Å²) in [6.45, 7) is -0.152. The van der Waals surface area contributed by atoms with Gasteiger partial charge in [-0.2, -0.15) is 0 Å². The summed E-state index contributed by atoms with van der Waals surface area (Å²) in [5.41, 5.74) is 6.68. The Kier molecular flexibility index (Phi) is 4.00. The van der Waals surface area contributed by atoms with Crippen LogP contribution in [0.15, 0.2) is 48.5 Å². The maximum Gasteiger partial charge on any atom is 0.335 e. The molecule has 0 aliphatic rings. The number of carboxylic acids is 1. The first-order chi connectivity index (χ1) is 9.58. The van der Waals surface area contributed by atoms with Gasteiger partial charge in [0.1, 0.15) is 5.75 Å². The van der Waals surface area contributed by atoms with Crippen LogP contribution in [-0.2, 0) is 0 Å². The Balaban J connectivity index is 2.00. The molecule has 0 saturated carbocycles. The van der Waals surface area contributed by atoms with E-state index in [1.807, 2.05) is 0 Å². The van der Waals surface area contributed by atoms with E-state index in [9.17, 15) is 9.59 Å². The minimum atomic E-state index is -1.01. The van der Waals surface area contributed by atoms with Gasteiger partial charge in [0.25, 0.3) is 0 Å². The Bertz CT molecular complexity index is 635. The van der Waals surface area contributed by atoms with Gasteiger partial charge in [-0.1, -0.05) is 12.1 Å². The lowest BCUT2D eigenvalue weighted by atomic mass is 10.1. The van der Waals surface area contributed by atoms with Crippen LogP contribution in [0.3, 0.4) is 0 Å². The molecule has 0 aliphatic carbocycles. The topological polar surface area (TPSA) is 89.6 Å². The summed E-state index contributed by atoms with van der Waals surface area (Å²) in [4.78, 5) is 22.6. The molecule has 0 radical (unpaired) electrons. The van der Waals surface area contributed by atoms with Gasteiger partial charge in [-0.3, -0.25) is 4.79 Å². The van der Waals surface area contributed by atoms with E-state index in [2.05, 4.69) is 0 Å². The molecule has 2 aromatic rings. The molecule has 5 nitrogen and oxygen atoms in total. The first-order valence-corrected chi connectivity index (χ1v) is 5.92. The van der Waals surface area contributed by atoms with Crippen LogP contribution < -0.4 is 10.5 Å². The second kappa shape index (κ2) is 5.88. The van der Waals surface area contributed by atoms with Gasteiger partial charge in [0.2, 0.25) is 5.78 Å². The highest BCUT2D eigenvalue weighted by Gasteiger charge is 2.10. The second-order valence-corrected chi connectivity index (χ2v) is 4.13. The lowest BCUT2D eigenvalue weighted by molar-refractivity contribution is 0.0696. The monoisotopic (exact) mass is 271 g/mol. The zero-order valence-electron chi connectivity index (χ0n) is 10.6. The Morgan fingerprint density at radius 2 is 1.70 bits per heavy atom. The third kappa shape index (κ3) is 3.14. The quantitative estimate of drug-likeness (QED) is 0.643. The Hall–Kier alpha value is -2.82. The number of benzene rings is 2. The number of carboxylic acid groups (broad SMARTS) is 1. The van der Waals surface area contributed by atoms with E-state index < -0.39 is 5.97 Å². The first kappa shape index (κ1) is 13.6. The maximum atomic E-state index is 11.9. The molecule has 3 N–H and O–H groups in total. The minimum absolute atomic E-state index is 0.152. The number of aromatic carboxylic acids is 1. The number of rotatable bonds is 5. The number of para-hydroxylation sites is 1. The van der Waals surface area contributed by atoms with E-state index in [1.165, 1.54) is 24.3 Å². The van der Waals surface area contributed by atoms with Gasteiger partial charge >= 0.3 is 5.97 Å². The van der Waals surface area contributed by atoms with Crippen molar-refractivity contribution in [2.45, 2.75) is 0 Å². The molecule has 102 valence electrons. The van der Waals surface area contributed by atoms with Crippen molar-refractivity contribution >= 4 is 17.4 Å². The van der Waals surface area contributed by atoms with E-state index in [4.69, 9.17) is 15.6 Å². The summed E-state index contributed by atoms with van der Waals surface area (Å²) < 4.78 is 5.31. The summed E-state index contributed by atoms with van der Waals surface area (Å²) >= 11 is 0. The normalized spacial score (nSPS) is 10.0. The SMILES string of the molecule is Nc1ccccc1C(=O)COc1ccc(C(=O)O)cc1. The number of nitrogen functional groups attached to an aromatic ring is 1. The van der Waals surface area contributed by atoms with E-state index >= 15 is 0 Å². The van der Waals surface area contributed by atoms with Crippen LogP contribution in [0.25, 0.3) is 0 Å². The molecule has 0 atom stereocenters. The third-order valence-electron chi connectivity index (χ3n) is 2.73. The van der Waals surface area contributed by atoms with E-state index in [0.717, 1.165) is 0 Å². The number of ketones is 1. The van der Waals surface area contributed by atoms with Crippen molar-refractivity contribution in [1.82, 2.24) is 0 Å². The van der Waals surface area contributed by atoms with Gasteiger partial charge in [0.05, 0.1) is 5.56 Å². The van der Waals surface area contributed by atoms with Crippen LogP contribution in [0.5, 0.6) is 5.75 Å². The van der Waals surface area contributed by atoms with Gasteiger partial charge in [-0.15, -0.1) is 0 Å². The summed E-state index contributed by atoms with van der Waals surface area (Å²) in [6.07, 6.45) is 0. The zero-order chi connectivity index (χ0) is 14.5. The van der Waals surface area contributed by atoms with Crippen molar-refractivity contribution in [3.8, 4) is 5.75 Å². The molecule has 0 heterocycles. The average molecular weight is 271 g/mol. The van der Waals surface area contributed by atoms with E-state index in [0.29, 0.717) is 17.0 Å². The molecule has 0 saturated heterocycles. The highest BCUT2D eigenvalue weighted by atomic mass is 16.5. The fraction of sp³-hybridized carbons (Fsp3) is 0.0667. The number of ether oxygens (including phenoxy) is 1. The standard InChI is InChI=1S/C15H13NO4/c16-13-4-2-1-3-12(13)14(17)9-20-11-7-5-10(6-8-11)15(18)19/h1-8H,9,16H2,(H,18,19). The molecular formula is C15H13NO4. The number of nitrogens with two attached hydrogens (primary N) is 1. The van der Waals surface area contributed by atoms with Crippen molar-refractivity contribution in [1.29, 1.82) is 0 Å². The molecule has 20 heavy (non-hydrogen) atoms. The van der Waals surface area contributed by atoms with Crippen LogP contribution in [0.1, 0.15) is 20.7 Å². The fourth-order valence-corrected chi connectivity index (χ4v) is 1.67. The van der Waals surface area contributed by atoms with Crippen LogP contribution in [0.2, 0.25) is 0 Å². The number of hydrogen-bond acceptors (Lipinski definition) is 4. The fourth-order valence-electron chi connectivity index (χ4n) is 1.67. The molecule has 0 amide bonds. The van der Waals surface area contributed by atoms with Gasteiger partial charge in [-0.25, -0.2) is 4.79 Å². The van der Waals surface area contributed by atoms with Crippen molar-refractivity contribution in [3.05, 3.63) is 59.7 Å². The highest BCUT2D eigenvalue weighted by Crippen LogP contribution is 2.15. The third-order valence-corrected chi connectivity index (χ3v) is 2.73. The van der Waals surface area contributed by atoms with Crippen LogP contribution in [0, 0.1) is 0 Å². The van der Waals surface area contributed by atoms with Crippen LogP contribution >= 0.6 is 0 Å². The lowest BCUT2D eigenvalue weighted by Crippen LogP contribution is -2.13. The van der Waals surface area contributed by atoms with Crippen molar-refractivity contribution in [2.75, 3.05) is 12.3 Å². The average Bonchev–Trinajstić information content (AvgIpc) is 2.45. The predicted molar refractivity (Wildman–Crippen MR) is 74.1 cm³/mol. The molecule has 0 bridgehead atoms. The molecule has 2 aromatic carbocycles. The predicted octanol–water partition coefficient (Wildman–Crippen LogP) is 2.23. The number of anilines is 1. The number of carbonyl (C=O) groups is 2.